The molecule has 5 aromatic rings. The lowest BCUT2D eigenvalue weighted by atomic mass is 9.75. The Balaban J connectivity index is 0.000000226. The Bertz CT molecular complexity index is 1960. The average molecular weight is 657 g/mol. The topological polar surface area (TPSA) is 140 Å². The van der Waals surface area contributed by atoms with Gasteiger partial charge in [-0.2, -0.15) is 0 Å². The van der Waals surface area contributed by atoms with E-state index in [0.29, 0.717) is 29.9 Å². The SMILES string of the molecule is O=C(O)C1Nc2ccccc2C1CO.O=C1N(C(c2ccccc2)c2ccccc2)c2ccccc2C1(CO)c1cc2c(cc1O)OCC2. The molecule has 3 unspecified atom stereocenters. The first-order chi connectivity index (χ1) is 23.9. The number of amides is 1. The number of nitrogens with one attached hydrogen (secondary N) is 1. The summed E-state index contributed by atoms with van der Waals surface area (Å²) in [5, 5.41) is 42.9. The van der Waals surface area contributed by atoms with Crippen LogP contribution >= 0.6 is 0 Å². The fourth-order valence-corrected chi connectivity index (χ4v) is 7.38. The van der Waals surface area contributed by atoms with E-state index < -0.39 is 30.1 Å². The number of para-hydroxylation sites is 2. The summed E-state index contributed by atoms with van der Waals surface area (Å²) in [5.41, 5.74) is 4.91. The van der Waals surface area contributed by atoms with Gasteiger partial charge in [0.1, 0.15) is 23.0 Å². The van der Waals surface area contributed by atoms with E-state index >= 15 is 0 Å². The number of hydrogen-bond acceptors (Lipinski definition) is 7. The number of phenolic OH excluding ortho intramolecular Hbond substituents is 1. The molecule has 9 nitrogen and oxygen atoms in total. The molecule has 0 saturated heterocycles. The number of anilines is 2. The average Bonchev–Trinajstić information content (AvgIpc) is 3.82. The molecule has 1 amide bonds. The van der Waals surface area contributed by atoms with Crippen LogP contribution in [0.3, 0.4) is 0 Å². The van der Waals surface area contributed by atoms with E-state index in [1.54, 1.807) is 11.0 Å². The molecule has 0 radical (unpaired) electrons. The molecular weight excluding hydrogens is 620 g/mol. The molecule has 5 aromatic carbocycles. The van der Waals surface area contributed by atoms with Crippen LogP contribution in [0.2, 0.25) is 0 Å². The Kier molecular flexibility index (Phi) is 8.54. The molecule has 0 saturated carbocycles. The second kappa shape index (κ2) is 13.1. The van der Waals surface area contributed by atoms with E-state index in [1.807, 2.05) is 115 Å². The van der Waals surface area contributed by atoms with Crippen molar-refractivity contribution in [1.29, 1.82) is 0 Å². The van der Waals surface area contributed by atoms with Crippen molar-refractivity contribution in [3.05, 3.63) is 155 Å². The normalized spacial score (nSPS) is 20.1. The lowest BCUT2D eigenvalue weighted by Crippen LogP contribution is -2.45. The molecule has 9 heteroatoms. The largest absolute Gasteiger partial charge is 0.507 e. The number of carbonyl (C=O) groups excluding carboxylic acids is 1. The summed E-state index contributed by atoms with van der Waals surface area (Å²) >= 11 is 0. The number of aromatic hydroxyl groups is 1. The van der Waals surface area contributed by atoms with Crippen molar-refractivity contribution in [2.45, 2.75) is 29.8 Å². The van der Waals surface area contributed by atoms with E-state index in [-0.39, 0.29) is 24.2 Å². The Hall–Kier alpha value is -5.64. The number of carbonyl (C=O) groups is 2. The number of aliphatic carboxylic acids is 1. The van der Waals surface area contributed by atoms with Crippen LogP contribution in [0.25, 0.3) is 0 Å². The lowest BCUT2D eigenvalue weighted by molar-refractivity contribution is -0.138. The van der Waals surface area contributed by atoms with Crippen molar-refractivity contribution in [3.63, 3.8) is 0 Å². The van der Waals surface area contributed by atoms with Crippen molar-refractivity contribution in [2.24, 2.45) is 0 Å². The fraction of sp³-hybridized carbons (Fsp3) is 0.200. The number of hydrogen-bond donors (Lipinski definition) is 5. The molecule has 3 atom stereocenters. The third-order valence-electron chi connectivity index (χ3n) is 9.74. The zero-order valence-corrected chi connectivity index (χ0v) is 26.6. The highest BCUT2D eigenvalue weighted by molar-refractivity contribution is 6.12. The number of benzene rings is 5. The summed E-state index contributed by atoms with van der Waals surface area (Å²) in [6.07, 6.45) is 0.695. The van der Waals surface area contributed by atoms with Gasteiger partial charge in [-0.1, -0.05) is 97.1 Å². The zero-order valence-electron chi connectivity index (χ0n) is 26.6. The minimum atomic E-state index is -1.43. The number of rotatable bonds is 7. The highest BCUT2D eigenvalue weighted by Gasteiger charge is 2.55. The molecule has 0 fully saturated rings. The Morgan fingerprint density at radius 2 is 1.49 bits per heavy atom. The maximum absolute atomic E-state index is 14.6. The van der Waals surface area contributed by atoms with Crippen LogP contribution in [-0.4, -0.2) is 58.2 Å². The van der Waals surface area contributed by atoms with Crippen LogP contribution in [-0.2, 0) is 21.4 Å². The number of nitrogens with zero attached hydrogens (tertiary/aromatic N) is 1. The van der Waals surface area contributed by atoms with Crippen LogP contribution < -0.4 is 15.0 Å². The predicted octanol–water partition coefficient (Wildman–Crippen LogP) is 5.38. The third kappa shape index (κ3) is 5.37. The summed E-state index contributed by atoms with van der Waals surface area (Å²) < 4.78 is 5.62. The lowest BCUT2D eigenvalue weighted by Gasteiger charge is -2.33. The Morgan fingerprint density at radius 3 is 2.14 bits per heavy atom. The summed E-state index contributed by atoms with van der Waals surface area (Å²) in [5.74, 6) is -0.973. The highest BCUT2D eigenvalue weighted by atomic mass is 16.5. The molecule has 0 spiro atoms. The molecule has 248 valence electrons. The molecule has 3 aliphatic heterocycles. The van der Waals surface area contributed by atoms with Crippen molar-refractivity contribution >= 4 is 23.3 Å². The standard InChI is InChI=1S/C30H25NO4.C10H11NO3/c32-19-30(24-17-22-15-16-35-27(22)18-26(24)33)23-13-7-8-14-25(23)31(29(30)34)28(20-9-3-1-4-10-20)21-11-5-2-6-12-21;12-5-7-6-3-1-2-4-8(6)11-9(7)10(13)14/h1-14,17-18,28,32-33H,15-16,19H2;1-4,7,9,11-12H,5H2,(H,13,14). The molecular formula is C40H36N2O7. The minimum absolute atomic E-state index is 0.0549. The van der Waals surface area contributed by atoms with Gasteiger partial charge in [-0.25, -0.2) is 4.79 Å². The number of aliphatic hydroxyl groups is 2. The first-order valence-electron chi connectivity index (χ1n) is 16.2. The van der Waals surface area contributed by atoms with Gasteiger partial charge in [0.2, 0.25) is 5.91 Å². The maximum Gasteiger partial charge on any atom is 0.326 e. The molecule has 8 rings (SSSR count). The van der Waals surface area contributed by atoms with Gasteiger partial charge in [-0.3, -0.25) is 9.69 Å². The molecule has 5 N–H and O–H groups in total. The molecule has 49 heavy (non-hydrogen) atoms. The van der Waals surface area contributed by atoms with Gasteiger partial charge in [-0.05, 0) is 46.0 Å². The van der Waals surface area contributed by atoms with Crippen molar-refractivity contribution in [3.8, 4) is 11.5 Å². The smallest absolute Gasteiger partial charge is 0.326 e. The number of ether oxygens (including phenoxy) is 1. The van der Waals surface area contributed by atoms with Crippen molar-refractivity contribution in [1.82, 2.24) is 0 Å². The van der Waals surface area contributed by atoms with Gasteiger partial charge < -0.3 is 30.5 Å². The van der Waals surface area contributed by atoms with Crippen LogP contribution in [0.15, 0.2) is 121 Å². The first-order valence-corrected chi connectivity index (χ1v) is 16.2. The van der Waals surface area contributed by atoms with Crippen LogP contribution in [0.4, 0.5) is 11.4 Å². The van der Waals surface area contributed by atoms with Crippen LogP contribution in [0, 0.1) is 0 Å². The van der Waals surface area contributed by atoms with E-state index in [9.17, 15) is 19.8 Å². The Labute approximate surface area is 283 Å². The van der Waals surface area contributed by atoms with Gasteiger partial charge >= 0.3 is 5.97 Å². The van der Waals surface area contributed by atoms with E-state index in [4.69, 9.17) is 14.9 Å². The number of fused-ring (bicyclic) bond motifs is 3. The van der Waals surface area contributed by atoms with E-state index in [2.05, 4.69) is 5.32 Å². The number of carboxylic acids is 1. The van der Waals surface area contributed by atoms with Crippen LogP contribution in [0.1, 0.15) is 45.3 Å². The number of phenols is 1. The first kappa shape index (κ1) is 31.9. The van der Waals surface area contributed by atoms with Gasteiger partial charge in [-0.15, -0.1) is 0 Å². The molecule has 0 bridgehead atoms. The molecule has 0 aliphatic carbocycles. The van der Waals surface area contributed by atoms with E-state index in [0.717, 1.165) is 33.6 Å². The van der Waals surface area contributed by atoms with Crippen LogP contribution in [0.5, 0.6) is 11.5 Å². The fourth-order valence-electron chi connectivity index (χ4n) is 7.38. The summed E-state index contributed by atoms with van der Waals surface area (Å²) in [7, 11) is 0. The zero-order chi connectivity index (χ0) is 34.1. The van der Waals surface area contributed by atoms with Gasteiger partial charge in [0.05, 0.1) is 25.9 Å². The Morgan fingerprint density at radius 1 is 0.857 bits per heavy atom. The quantitative estimate of drug-likeness (QED) is 0.157. The molecule has 3 aliphatic rings. The van der Waals surface area contributed by atoms with E-state index in [1.165, 1.54) is 0 Å². The highest BCUT2D eigenvalue weighted by Crippen LogP contribution is 2.53. The van der Waals surface area contributed by atoms with Gasteiger partial charge in [0, 0.05) is 35.3 Å². The summed E-state index contributed by atoms with van der Waals surface area (Å²) in [6.45, 7) is -0.0884. The second-order valence-electron chi connectivity index (χ2n) is 12.4. The van der Waals surface area contributed by atoms with Gasteiger partial charge in [0.25, 0.3) is 0 Å². The number of carboxylic acid groups (broad SMARTS) is 1. The minimum Gasteiger partial charge on any atom is -0.507 e. The predicted molar refractivity (Wildman–Crippen MR) is 185 cm³/mol. The maximum atomic E-state index is 14.6. The number of aliphatic hydroxyl groups excluding tert-OH is 2. The molecule has 0 aromatic heterocycles. The van der Waals surface area contributed by atoms with Crippen molar-refractivity contribution in [2.75, 3.05) is 30.0 Å². The van der Waals surface area contributed by atoms with Gasteiger partial charge in [0.15, 0.2) is 0 Å². The second-order valence-corrected chi connectivity index (χ2v) is 12.4. The summed E-state index contributed by atoms with van der Waals surface area (Å²) in [4.78, 5) is 27.2. The molecule has 3 heterocycles. The third-order valence-corrected chi connectivity index (χ3v) is 9.74. The monoisotopic (exact) mass is 656 g/mol. The summed E-state index contributed by atoms with van der Waals surface area (Å²) in [6, 6.07) is 37.0. The van der Waals surface area contributed by atoms with Crippen molar-refractivity contribution < 1.29 is 34.8 Å².